The number of anilines is 2. The zero-order valence-electron chi connectivity index (χ0n) is 12.5. The van der Waals surface area contributed by atoms with Crippen molar-refractivity contribution >= 4 is 34.6 Å². The predicted octanol–water partition coefficient (Wildman–Crippen LogP) is 3.26. The number of thiophene rings is 1. The van der Waals surface area contributed by atoms with E-state index in [-0.39, 0.29) is 11.9 Å². The third-order valence-electron chi connectivity index (χ3n) is 3.62. The molecule has 0 atom stereocenters. The smallest absolute Gasteiger partial charge is 0.319 e. The summed E-state index contributed by atoms with van der Waals surface area (Å²) in [5, 5.41) is 7.32. The van der Waals surface area contributed by atoms with E-state index in [4.69, 9.17) is 0 Å². The van der Waals surface area contributed by atoms with Gasteiger partial charge in [-0.25, -0.2) is 4.79 Å². The van der Waals surface area contributed by atoms with Crippen LogP contribution in [-0.4, -0.2) is 25.0 Å². The molecular weight excluding hydrogens is 310 g/mol. The van der Waals surface area contributed by atoms with Crippen molar-refractivity contribution in [3.8, 4) is 0 Å². The molecule has 2 heterocycles. The van der Waals surface area contributed by atoms with Crippen molar-refractivity contribution in [2.75, 3.05) is 23.3 Å². The fourth-order valence-corrected chi connectivity index (χ4v) is 3.21. The van der Waals surface area contributed by atoms with Crippen molar-refractivity contribution in [2.45, 2.75) is 6.42 Å². The van der Waals surface area contributed by atoms with E-state index in [9.17, 15) is 9.59 Å². The Bertz CT molecular complexity index is 740. The Labute approximate surface area is 138 Å². The minimum Gasteiger partial charge on any atom is -0.334 e. The monoisotopic (exact) mass is 327 g/mol. The molecular formula is C17H17N3O2S. The highest BCUT2D eigenvalue weighted by molar-refractivity contribution is 7.12. The molecule has 1 aliphatic heterocycles. The van der Waals surface area contributed by atoms with Gasteiger partial charge in [-0.15, -0.1) is 17.9 Å². The quantitative estimate of drug-likeness (QED) is 0.847. The number of nitrogens with one attached hydrogen (secondary N) is 2. The summed E-state index contributed by atoms with van der Waals surface area (Å²) in [5.74, 6) is 0.00649. The van der Waals surface area contributed by atoms with Crippen molar-refractivity contribution in [2.24, 2.45) is 0 Å². The van der Waals surface area contributed by atoms with Gasteiger partial charge >= 0.3 is 6.03 Å². The maximum absolute atomic E-state index is 12.6. The van der Waals surface area contributed by atoms with E-state index >= 15 is 0 Å². The molecule has 2 N–H and O–H groups in total. The maximum atomic E-state index is 12.6. The third-order valence-corrected chi connectivity index (χ3v) is 4.48. The molecule has 0 spiro atoms. The summed E-state index contributed by atoms with van der Waals surface area (Å²) in [7, 11) is 0. The van der Waals surface area contributed by atoms with Crippen molar-refractivity contribution in [1.82, 2.24) is 5.32 Å². The highest BCUT2D eigenvalue weighted by Crippen LogP contribution is 2.32. The van der Waals surface area contributed by atoms with Crippen LogP contribution in [0.4, 0.5) is 16.2 Å². The molecule has 3 rings (SSSR count). The van der Waals surface area contributed by atoms with Crippen LogP contribution in [0.5, 0.6) is 0 Å². The van der Waals surface area contributed by atoms with E-state index in [0.29, 0.717) is 18.8 Å². The lowest BCUT2D eigenvalue weighted by Gasteiger charge is -2.17. The standard InChI is InChI=1S/C17H17N3O2S/c1-2-8-18-17(22)19-13-6-5-12-7-9-20(14(12)11-13)16(21)15-4-3-10-23-15/h2-6,10-11H,1,7-9H2,(H2,18,19,22). The maximum Gasteiger partial charge on any atom is 0.319 e. The minimum atomic E-state index is -0.293. The van der Waals surface area contributed by atoms with Gasteiger partial charge in [0, 0.05) is 24.5 Å². The normalized spacial score (nSPS) is 12.6. The van der Waals surface area contributed by atoms with Crippen molar-refractivity contribution < 1.29 is 9.59 Å². The lowest BCUT2D eigenvalue weighted by atomic mass is 10.1. The van der Waals surface area contributed by atoms with E-state index in [1.807, 2.05) is 35.7 Å². The molecule has 1 aromatic heterocycles. The molecule has 0 bridgehead atoms. The number of rotatable bonds is 4. The Morgan fingerprint density at radius 1 is 1.35 bits per heavy atom. The summed E-state index contributed by atoms with van der Waals surface area (Å²) in [5.41, 5.74) is 2.65. The highest BCUT2D eigenvalue weighted by atomic mass is 32.1. The number of carbonyl (C=O) groups excluding carboxylic acids is 2. The summed E-state index contributed by atoms with van der Waals surface area (Å²) in [6, 6.07) is 9.07. The Morgan fingerprint density at radius 3 is 2.96 bits per heavy atom. The summed E-state index contributed by atoms with van der Waals surface area (Å²) in [6.07, 6.45) is 2.44. The second-order valence-electron chi connectivity index (χ2n) is 5.15. The van der Waals surface area contributed by atoms with Gasteiger partial charge in [0.1, 0.15) is 0 Å². The average Bonchev–Trinajstić information content (AvgIpc) is 3.21. The SMILES string of the molecule is C=CCNC(=O)Nc1ccc2c(c1)N(C(=O)c1cccs1)CC2. The van der Waals surface area contributed by atoms with Crippen molar-refractivity contribution in [3.63, 3.8) is 0 Å². The average molecular weight is 327 g/mol. The van der Waals surface area contributed by atoms with Crippen LogP contribution in [0.2, 0.25) is 0 Å². The number of hydrogen-bond acceptors (Lipinski definition) is 3. The topological polar surface area (TPSA) is 61.4 Å². The molecule has 23 heavy (non-hydrogen) atoms. The molecule has 5 nitrogen and oxygen atoms in total. The molecule has 0 radical (unpaired) electrons. The Hall–Kier alpha value is -2.60. The van der Waals surface area contributed by atoms with Crippen LogP contribution >= 0.6 is 11.3 Å². The zero-order chi connectivity index (χ0) is 16.2. The molecule has 3 amide bonds. The molecule has 2 aromatic rings. The molecule has 0 fully saturated rings. The van der Waals surface area contributed by atoms with Crippen LogP contribution in [0.15, 0.2) is 48.4 Å². The van der Waals surface area contributed by atoms with E-state index < -0.39 is 0 Å². The van der Waals surface area contributed by atoms with Crippen LogP contribution in [0, 0.1) is 0 Å². The second-order valence-corrected chi connectivity index (χ2v) is 6.10. The van der Waals surface area contributed by atoms with Gasteiger partial charge < -0.3 is 15.5 Å². The summed E-state index contributed by atoms with van der Waals surface area (Å²) >= 11 is 1.44. The number of carbonyl (C=O) groups is 2. The molecule has 0 saturated carbocycles. The molecule has 1 aromatic carbocycles. The fraction of sp³-hybridized carbons (Fsp3) is 0.176. The molecule has 6 heteroatoms. The third kappa shape index (κ3) is 3.27. The van der Waals surface area contributed by atoms with Crippen LogP contribution in [0.25, 0.3) is 0 Å². The number of hydrogen-bond donors (Lipinski definition) is 2. The summed E-state index contributed by atoms with van der Waals surface area (Å²) < 4.78 is 0. The van der Waals surface area contributed by atoms with Crippen LogP contribution in [0.3, 0.4) is 0 Å². The summed E-state index contributed by atoms with van der Waals surface area (Å²) in [4.78, 5) is 26.8. The van der Waals surface area contributed by atoms with E-state index in [2.05, 4.69) is 17.2 Å². The van der Waals surface area contributed by atoms with E-state index in [1.54, 1.807) is 11.0 Å². The van der Waals surface area contributed by atoms with Crippen LogP contribution < -0.4 is 15.5 Å². The molecule has 0 aliphatic carbocycles. The summed E-state index contributed by atoms with van der Waals surface area (Å²) in [6.45, 7) is 4.62. The van der Waals surface area contributed by atoms with Gasteiger partial charge in [0.15, 0.2) is 0 Å². The number of benzene rings is 1. The molecule has 0 unspecified atom stereocenters. The molecule has 118 valence electrons. The van der Waals surface area contributed by atoms with Gasteiger partial charge in [-0.2, -0.15) is 0 Å². The number of amides is 3. The van der Waals surface area contributed by atoms with E-state index in [0.717, 1.165) is 22.5 Å². The lowest BCUT2D eigenvalue weighted by Crippen LogP contribution is -2.29. The van der Waals surface area contributed by atoms with Gasteiger partial charge in [-0.05, 0) is 35.6 Å². The van der Waals surface area contributed by atoms with Crippen LogP contribution in [-0.2, 0) is 6.42 Å². The van der Waals surface area contributed by atoms with Crippen molar-refractivity contribution in [3.05, 3.63) is 58.8 Å². The van der Waals surface area contributed by atoms with Crippen LogP contribution in [0.1, 0.15) is 15.2 Å². The first-order valence-corrected chi connectivity index (χ1v) is 8.21. The Kier molecular flexibility index (Phi) is 4.43. The first-order valence-electron chi connectivity index (χ1n) is 7.33. The van der Waals surface area contributed by atoms with Gasteiger partial charge in [-0.1, -0.05) is 18.2 Å². The molecule has 0 saturated heterocycles. The van der Waals surface area contributed by atoms with E-state index in [1.165, 1.54) is 11.3 Å². The zero-order valence-corrected chi connectivity index (χ0v) is 13.4. The lowest BCUT2D eigenvalue weighted by molar-refractivity contribution is 0.0993. The number of nitrogens with zero attached hydrogens (tertiary/aromatic N) is 1. The molecule has 1 aliphatic rings. The minimum absolute atomic E-state index is 0.00649. The highest BCUT2D eigenvalue weighted by Gasteiger charge is 2.26. The number of fused-ring (bicyclic) bond motifs is 1. The Morgan fingerprint density at radius 2 is 2.22 bits per heavy atom. The Balaban J connectivity index is 1.79. The largest absolute Gasteiger partial charge is 0.334 e. The van der Waals surface area contributed by atoms with Gasteiger partial charge in [0.05, 0.1) is 4.88 Å². The van der Waals surface area contributed by atoms with Gasteiger partial charge in [-0.3, -0.25) is 4.79 Å². The van der Waals surface area contributed by atoms with Gasteiger partial charge in [0.25, 0.3) is 5.91 Å². The van der Waals surface area contributed by atoms with Crippen molar-refractivity contribution in [1.29, 1.82) is 0 Å². The fourth-order valence-electron chi connectivity index (χ4n) is 2.54. The number of urea groups is 1. The van der Waals surface area contributed by atoms with Gasteiger partial charge in [0.2, 0.25) is 0 Å². The second kappa shape index (κ2) is 6.66. The first kappa shape index (κ1) is 15.3. The first-order chi connectivity index (χ1) is 11.2. The predicted molar refractivity (Wildman–Crippen MR) is 93.4 cm³/mol.